The minimum absolute atomic E-state index is 0.366. The highest BCUT2D eigenvalue weighted by Crippen LogP contribution is 2.32. The van der Waals surface area contributed by atoms with Crippen molar-refractivity contribution in [2.45, 2.75) is 32.9 Å². The summed E-state index contributed by atoms with van der Waals surface area (Å²) in [7, 11) is 0. The molecule has 0 bridgehead atoms. The lowest BCUT2D eigenvalue weighted by Gasteiger charge is -2.14. The average Bonchev–Trinajstić information content (AvgIpc) is 2.75. The van der Waals surface area contributed by atoms with Crippen LogP contribution in [0, 0.1) is 0 Å². The summed E-state index contributed by atoms with van der Waals surface area (Å²) in [5.74, 6) is 0. The van der Waals surface area contributed by atoms with Crippen LogP contribution in [0.25, 0.3) is 0 Å². The lowest BCUT2D eigenvalue weighted by Crippen LogP contribution is -2.17. The Balaban J connectivity index is 1.94. The number of thiophene rings is 1. The zero-order valence-corrected chi connectivity index (χ0v) is 15.0. The summed E-state index contributed by atoms with van der Waals surface area (Å²) in [5, 5.41) is 3.56. The van der Waals surface area contributed by atoms with Crippen molar-refractivity contribution in [1.29, 1.82) is 0 Å². The predicted octanol–water partition coefficient (Wildman–Crippen LogP) is 5.69. The standard InChI is InChI=1S/C15H17Br2NS/c1-3-11-4-6-12(7-5-11)10(2)18-9-13-8-14(16)15(17)19-13/h4-8,10,18H,3,9H2,1-2H3. The van der Waals surface area contributed by atoms with Crippen LogP contribution in [0.2, 0.25) is 0 Å². The molecule has 0 saturated heterocycles. The fourth-order valence-electron chi connectivity index (χ4n) is 1.89. The van der Waals surface area contributed by atoms with E-state index in [1.54, 1.807) is 11.3 Å². The molecule has 4 heteroatoms. The van der Waals surface area contributed by atoms with E-state index in [1.165, 1.54) is 16.0 Å². The maximum Gasteiger partial charge on any atom is 0.0843 e. The molecule has 1 aromatic carbocycles. The Kier molecular flexibility index (Phi) is 5.63. The first-order valence-corrected chi connectivity index (χ1v) is 8.76. The summed E-state index contributed by atoms with van der Waals surface area (Å²) in [5.41, 5.74) is 2.73. The highest BCUT2D eigenvalue weighted by Gasteiger charge is 2.07. The van der Waals surface area contributed by atoms with Gasteiger partial charge in [0.05, 0.1) is 3.79 Å². The Hall–Kier alpha value is -0.160. The molecule has 0 fully saturated rings. The molecule has 2 aromatic rings. The maximum atomic E-state index is 3.56. The molecule has 0 aliphatic rings. The fraction of sp³-hybridized carbons (Fsp3) is 0.333. The molecule has 102 valence electrons. The molecule has 0 radical (unpaired) electrons. The van der Waals surface area contributed by atoms with Gasteiger partial charge in [0.1, 0.15) is 0 Å². The number of halogens is 2. The Morgan fingerprint density at radius 2 is 1.89 bits per heavy atom. The molecule has 1 unspecified atom stereocenters. The third kappa shape index (κ3) is 4.15. The summed E-state index contributed by atoms with van der Waals surface area (Å²) in [6.07, 6.45) is 1.10. The van der Waals surface area contributed by atoms with Crippen LogP contribution >= 0.6 is 43.2 Å². The Bertz CT molecular complexity index is 514. The molecule has 2 rings (SSSR count). The normalized spacial score (nSPS) is 12.6. The summed E-state index contributed by atoms with van der Waals surface area (Å²) in [4.78, 5) is 1.33. The summed E-state index contributed by atoms with van der Waals surface area (Å²) in [6.45, 7) is 5.29. The van der Waals surface area contributed by atoms with Gasteiger partial charge in [-0.1, -0.05) is 31.2 Å². The summed E-state index contributed by atoms with van der Waals surface area (Å²) in [6, 6.07) is 11.4. The number of hydrogen-bond acceptors (Lipinski definition) is 2. The second-order valence-corrected chi connectivity index (χ2v) is 7.84. The third-order valence-corrected chi connectivity index (χ3v) is 6.42. The van der Waals surface area contributed by atoms with Crippen molar-refractivity contribution in [3.8, 4) is 0 Å². The number of nitrogens with one attached hydrogen (secondary N) is 1. The van der Waals surface area contributed by atoms with Gasteiger partial charge < -0.3 is 5.32 Å². The van der Waals surface area contributed by atoms with Gasteiger partial charge in [0.15, 0.2) is 0 Å². The van der Waals surface area contributed by atoms with Crippen LogP contribution < -0.4 is 5.32 Å². The molecule has 1 nitrogen and oxygen atoms in total. The Morgan fingerprint density at radius 1 is 1.21 bits per heavy atom. The fourth-order valence-corrected chi connectivity index (χ4v) is 4.02. The van der Waals surface area contributed by atoms with E-state index < -0.39 is 0 Å². The van der Waals surface area contributed by atoms with E-state index in [0.29, 0.717) is 6.04 Å². The number of rotatable bonds is 5. The Morgan fingerprint density at radius 3 is 2.42 bits per heavy atom. The minimum atomic E-state index is 0.366. The zero-order chi connectivity index (χ0) is 13.8. The van der Waals surface area contributed by atoms with Gasteiger partial charge in [-0.3, -0.25) is 0 Å². The first kappa shape index (κ1) is 15.2. The van der Waals surface area contributed by atoms with E-state index in [2.05, 4.69) is 81.4 Å². The van der Waals surface area contributed by atoms with Crippen molar-refractivity contribution in [3.63, 3.8) is 0 Å². The van der Waals surface area contributed by atoms with Gasteiger partial charge in [-0.25, -0.2) is 0 Å². The van der Waals surface area contributed by atoms with Gasteiger partial charge in [-0.15, -0.1) is 11.3 Å². The van der Waals surface area contributed by atoms with Crippen LogP contribution in [0.5, 0.6) is 0 Å². The monoisotopic (exact) mass is 401 g/mol. The van der Waals surface area contributed by atoms with Gasteiger partial charge in [-0.2, -0.15) is 0 Å². The molecule has 0 aliphatic carbocycles. The van der Waals surface area contributed by atoms with Crippen LogP contribution in [0.3, 0.4) is 0 Å². The van der Waals surface area contributed by atoms with Crippen molar-refractivity contribution in [3.05, 3.63) is 54.6 Å². The minimum Gasteiger partial charge on any atom is -0.305 e. The molecule has 1 aromatic heterocycles. The van der Waals surface area contributed by atoms with E-state index in [1.807, 2.05) is 0 Å². The third-order valence-electron chi connectivity index (χ3n) is 3.17. The smallest absolute Gasteiger partial charge is 0.0843 e. The average molecular weight is 403 g/mol. The number of aryl methyl sites for hydroxylation is 1. The number of benzene rings is 1. The van der Waals surface area contributed by atoms with Gasteiger partial charge in [0.2, 0.25) is 0 Å². The Labute approximate surface area is 135 Å². The summed E-state index contributed by atoms with van der Waals surface area (Å²) < 4.78 is 2.29. The van der Waals surface area contributed by atoms with Crippen LogP contribution in [0.15, 0.2) is 38.6 Å². The zero-order valence-electron chi connectivity index (χ0n) is 11.0. The van der Waals surface area contributed by atoms with Gasteiger partial charge in [0, 0.05) is 21.9 Å². The lowest BCUT2D eigenvalue weighted by atomic mass is 10.1. The molecule has 1 heterocycles. The van der Waals surface area contributed by atoms with Crippen molar-refractivity contribution < 1.29 is 0 Å². The molecular formula is C15H17Br2NS. The van der Waals surface area contributed by atoms with Gasteiger partial charge in [0.25, 0.3) is 0 Å². The molecule has 0 saturated carbocycles. The second-order valence-electron chi connectivity index (χ2n) is 4.53. The highest BCUT2D eigenvalue weighted by atomic mass is 79.9. The molecule has 0 aliphatic heterocycles. The first-order valence-electron chi connectivity index (χ1n) is 6.36. The van der Waals surface area contributed by atoms with Crippen LogP contribution in [0.4, 0.5) is 0 Å². The van der Waals surface area contributed by atoms with E-state index in [4.69, 9.17) is 0 Å². The van der Waals surface area contributed by atoms with E-state index in [-0.39, 0.29) is 0 Å². The van der Waals surface area contributed by atoms with Crippen molar-refractivity contribution in [1.82, 2.24) is 5.32 Å². The first-order chi connectivity index (χ1) is 9.10. The molecule has 1 N–H and O–H groups in total. The van der Waals surface area contributed by atoms with Gasteiger partial charge in [-0.05, 0) is 62.4 Å². The SMILES string of the molecule is CCc1ccc(C(C)NCc2cc(Br)c(Br)s2)cc1. The van der Waals surface area contributed by atoms with Crippen molar-refractivity contribution >= 4 is 43.2 Å². The van der Waals surface area contributed by atoms with Crippen molar-refractivity contribution in [2.75, 3.05) is 0 Å². The lowest BCUT2D eigenvalue weighted by molar-refractivity contribution is 0.578. The predicted molar refractivity (Wildman–Crippen MR) is 90.8 cm³/mol. The van der Waals surface area contributed by atoms with Crippen LogP contribution in [-0.4, -0.2) is 0 Å². The molecular weight excluding hydrogens is 386 g/mol. The second kappa shape index (κ2) is 7.02. The molecule has 1 atom stereocenters. The van der Waals surface area contributed by atoms with Gasteiger partial charge >= 0.3 is 0 Å². The molecule has 0 amide bonds. The quantitative estimate of drug-likeness (QED) is 0.677. The van der Waals surface area contributed by atoms with E-state index >= 15 is 0 Å². The van der Waals surface area contributed by atoms with Crippen LogP contribution in [-0.2, 0) is 13.0 Å². The topological polar surface area (TPSA) is 12.0 Å². The highest BCUT2D eigenvalue weighted by molar-refractivity contribution is 9.13. The van der Waals surface area contributed by atoms with E-state index in [9.17, 15) is 0 Å². The number of hydrogen-bond donors (Lipinski definition) is 1. The molecule has 19 heavy (non-hydrogen) atoms. The largest absolute Gasteiger partial charge is 0.305 e. The van der Waals surface area contributed by atoms with Crippen LogP contribution in [0.1, 0.15) is 35.9 Å². The van der Waals surface area contributed by atoms with Crippen molar-refractivity contribution in [2.24, 2.45) is 0 Å². The van der Waals surface area contributed by atoms with E-state index in [0.717, 1.165) is 21.2 Å². The summed E-state index contributed by atoms with van der Waals surface area (Å²) >= 11 is 8.81. The maximum absolute atomic E-state index is 3.56. The molecule has 0 spiro atoms.